The van der Waals surface area contributed by atoms with Gasteiger partial charge in [-0.15, -0.1) is 5.10 Å². The zero-order valence-corrected chi connectivity index (χ0v) is 15.2. The zero-order chi connectivity index (χ0) is 18.8. The highest BCUT2D eigenvalue weighted by atomic mass is 35.5. The van der Waals surface area contributed by atoms with Crippen molar-refractivity contribution >= 4 is 11.6 Å². The van der Waals surface area contributed by atoms with Crippen LogP contribution in [-0.4, -0.2) is 10.2 Å². The van der Waals surface area contributed by atoms with E-state index in [0.29, 0.717) is 16.5 Å². The molecule has 0 saturated carbocycles. The number of halogens is 1. The van der Waals surface area contributed by atoms with Gasteiger partial charge in [-0.3, -0.25) is 5.10 Å². The van der Waals surface area contributed by atoms with E-state index in [1.807, 2.05) is 42.5 Å². The van der Waals surface area contributed by atoms with Gasteiger partial charge in [0.2, 0.25) is 11.8 Å². The molecule has 2 heterocycles. The maximum Gasteiger partial charge on any atom is 0.244 e. The summed E-state index contributed by atoms with van der Waals surface area (Å²) in [6.45, 7) is 0. The lowest BCUT2D eigenvalue weighted by atomic mass is 9.84. The van der Waals surface area contributed by atoms with Crippen LogP contribution in [0.3, 0.4) is 0 Å². The molecule has 1 aromatic heterocycles. The number of hydrogen-bond donors (Lipinski definition) is 2. The van der Waals surface area contributed by atoms with Gasteiger partial charge >= 0.3 is 0 Å². The third-order valence-electron chi connectivity index (χ3n) is 4.76. The van der Waals surface area contributed by atoms with Gasteiger partial charge < -0.3 is 10.5 Å². The van der Waals surface area contributed by atoms with Crippen LogP contribution in [0.15, 0.2) is 66.1 Å². The maximum absolute atomic E-state index is 9.67. The minimum Gasteiger partial charge on any atom is -0.420 e. The lowest BCUT2D eigenvalue weighted by Crippen LogP contribution is -2.20. The second-order valence-corrected chi connectivity index (χ2v) is 6.83. The summed E-state index contributed by atoms with van der Waals surface area (Å²) in [5.74, 6) is 0.357. The molecule has 1 aliphatic heterocycles. The van der Waals surface area contributed by atoms with E-state index in [1.54, 1.807) is 0 Å². The molecule has 1 unspecified atom stereocenters. The van der Waals surface area contributed by atoms with E-state index in [0.717, 1.165) is 29.7 Å². The molecule has 1 atom stereocenters. The minimum absolute atomic E-state index is 0.122. The molecule has 0 saturated heterocycles. The van der Waals surface area contributed by atoms with Crippen molar-refractivity contribution in [2.45, 2.75) is 18.8 Å². The quantitative estimate of drug-likeness (QED) is 0.700. The van der Waals surface area contributed by atoms with Crippen molar-refractivity contribution in [2.24, 2.45) is 5.73 Å². The molecule has 3 N–H and O–H groups in total. The van der Waals surface area contributed by atoms with E-state index in [-0.39, 0.29) is 11.8 Å². The van der Waals surface area contributed by atoms with Crippen molar-refractivity contribution in [3.8, 4) is 23.2 Å². The number of nitriles is 1. The van der Waals surface area contributed by atoms with Crippen molar-refractivity contribution in [3.63, 3.8) is 0 Å². The van der Waals surface area contributed by atoms with Gasteiger partial charge in [-0.1, -0.05) is 54.1 Å². The number of benzene rings is 2. The molecule has 2 aromatic carbocycles. The average Bonchev–Trinajstić information content (AvgIpc) is 3.10. The molecule has 0 aliphatic carbocycles. The van der Waals surface area contributed by atoms with Crippen molar-refractivity contribution in [3.05, 3.63) is 82.2 Å². The Morgan fingerprint density at radius 3 is 2.59 bits per heavy atom. The molecule has 1 aliphatic rings. The molecule has 4 rings (SSSR count). The number of ether oxygens (including phenoxy) is 1. The van der Waals surface area contributed by atoms with Crippen molar-refractivity contribution in [2.75, 3.05) is 0 Å². The molecule has 0 amide bonds. The lowest BCUT2D eigenvalue weighted by Gasteiger charge is -2.23. The number of H-pyrrole nitrogens is 1. The van der Waals surface area contributed by atoms with Gasteiger partial charge in [0.1, 0.15) is 6.07 Å². The summed E-state index contributed by atoms with van der Waals surface area (Å²) in [4.78, 5) is 0. The van der Waals surface area contributed by atoms with Gasteiger partial charge in [0, 0.05) is 16.5 Å². The molecule has 5 nitrogen and oxygen atoms in total. The summed E-state index contributed by atoms with van der Waals surface area (Å²) >= 11 is 6.01. The van der Waals surface area contributed by atoms with E-state index >= 15 is 0 Å². The van der Waals surface area contributed by atoms with Crippen molar-refractivity contribution < 1.29 is 4.74 Å². The molecule has 0 fully saturated rings. The summed E-state index contributed by atoms with van der Waals surface area (Å²) in [6.07, 6.45) is 1.54. The second-order valence-electron chi connectivity index (χ2n) is 6.39. The monoisotopic (exact) mass is 376 g/mol. The Morgan fingerprint density at radius 2 is 1.89 bits per heavy atom. The molecule has 134 valence electrons. The van der Waals surface area contributed by atoms with E-state index in [2.05, 4.69) is 28.4 Å². The van der Waals surface area contributed by atoms with Gasteiger partial charge in [0.25, 0.3) is 0 Å². The Morgan fingerprint density at radius 1 is 1.15 bits per heavy atom. The molecule has 0 radical (unpaired) electrons. The first-order chi connectivity index (χ1) is 13.2. The average molecular weight is 377 g/mol. The predicted octanol–water partition coefficient (Wildman–Crippen LogP) is 4.53. The van der Waals surface area contributed by atoms with Gasteiger partial charge in [-0.25, -0.2) is 0 Å². The predicted molar refractivity (Wildman–Crippen MR) is 104 cm³/mol. The molecule has 0 bridgehead atoms. The normalized spacial score (nSPS) is 15.8. The van der Waals surface area contributed by atoms with Crippen LogP contribution < -0.4 is 10.5 Å². The number of aromatic amines is 1. The first-order valence-electron chi connectivity index (χ1n) is 8.63. The maximum atomic E-state index is 9.67. The van der Waals surface area contributed by atoms with Gasteiger partial charge in [0.15, 0.2) is 0 Å². The van der Waals surface area contributed by atoms with Crippen molar-refractivity contribution in [1.82, 2.24) is 10.2 Å². The third kappa shape index (κ3) is 3.27. The Labute approximate surface area is 162 Å². The number of aromatic nitrogens is 2. The fourth-order valence-electron chi connectivity index (χ4n) is 3.42. The van der Waals surface area contributed by atoms with E-state index in [9.17, 15) is 5.26 Å². The fraction of sp³-hybridized carbons (Fsp3) is 0.143. The summed E-state index contributed by atoms with van der Waals surface area (Å²) in [5.41, 5.74) is 10.3. The Kier molecular flexibility index (Phi) is 4.57. The van der Waals surface area contributed by atoms with Crippen LogP contribution in [0, 0.1) is 11.3 Å². The zero-order valence-electron chi connectivity index (χ0n) is 14.4. The number of allylic oxidation sites excluding steroid dienone is 1. The number of nitrogens with zero attached hydrogens (tertiary/aromatic N) is 2. The van der Waals surface area contributed by atoms with E-state index in [1.165, 1.54) is 5.56 Å². The van der Waals surface area contributed by atoms with Crippen LogP contribution in [0.2, 0.25) is 5.02 Å². The minimum atomic E-state index is -0.191. The highest BCUT2D eigenvalue weighted by Crippen LogP contribution is 2.44. The SMILES string of the molecule is N#CC1=C(N)Oc2n[nH]c(-c3ccc(Cl)cc3)c2C1CCc1ccccc1. The smallest absolute Gasteiger partial charge is 0.244 e. The van der Waals surface area contributed by atoms with Gasteiger partial charge in [0.05, 0.1) is 16.8 Å². The second kappa shape index (κ2) is 7.18. The third-order valence-corrected chi connectivity index (χ3v) is 5.01. The standard InChI is InChI=1S/C21H17ClN4O/c22-15-9-7-14(8-10-15)19-18-16(11-6-13-4-2-1-3-5-13)17(12-23)20(24)27-21(18)26-25-19/h1-5,7-10,16H,6,11,24H2,(H,25,26). The highest BCUT2D eigenvalue weighted by Gasteiger charge is 2.34. The van der Waals surface area contributed by atoms with Gasteiger partial charge in [-0.2, -0.15) is 5.26 Å². The number of nitrogens with two attached hydrogens (primary N) is 1. The molecule has 6 heteroatoms. The number of aryl methyl sites for hydroxylation is 1. The van der Waals surface area contributed by atoms with Crippen LogP contribution >= 0.6 is 11.6 Å². The Bertz CT molecular complexity index is 1030. The number of hydrogen-bond acceptors (Lipinski definition) is 4. The van der Waals surface area contributed by atoms with Crippen LogP contribution in [0.5, 0.6) is 5.88 Å². The fourth-order valence-corrected chi connectivity index (χ4v) is 3.55. The first-order valence-corrected chi connectivity index (χ1v) is 9.01. The number of fused-ring (bicyclic) bond motifs is 1. The van der Waals surface area contributed by atoms with Crippen LogP contribution in [0.25, 0.3) is 11.3 Å². The molecule has 27 heavy (non-hydrogen) atoms. The van der Waals surface area contributed by atoms with Crippen LogP contribution in [0.1, 0.15) is 23.5 Å². The highest BCUT2D eigenvalue weighted by molar-refractivity contribution is 6.30. The molecular weight excluding hydrogens is 360 g/mol. The van der Waals surface area contributed by atoms with Crippen LogP contribution in [0.4, 0.5) is 0 Å². The summed E-state index contributed by atoms with van der Waals surface area (Å²) in [7, 11) is 0. The lowest BCUT2D eigenvalue weighted by molar-refractivity contribution is 0.371. The number of rotatable bonds is 4. The summed E-state index contributed by atoms with van der Waals surface area (Å²) < 4.78 is 5.61. The number of nitrogens with one attached hydrogen (secondary N) is 1. The van der Waals surface area contributed by atoms with E-state index in [4.69, 9.17) is 22.1 Å². The molecule has 3 aromatic rings. The topological polar surface area (TPSA) is 87.7 Å². The molecular formula is C21H17ClN4O. The largest absolute Gasteiger partial charge is 0.420 e. The molecule has 0 spiro atoms. The summed E-state index contributed by atoms with van der Waals surface area (Å²) in [5, 5.41) is 17.6. The van der Waals surface area contributed by atoms with Crippen molar-refractivity contribution in [1.29, 1.82) is 5.26 Å². The van der Waals surface area contributed by atoms with E-state index < -0.39 is 0 Å². The first kappa shape index (κ1) is 17.2. The Balaban J connectivity index is 1.74. The van der Waals surface area contributed by atoms with Crippen LogP contribution in [-0.2, 0) is 6.42 Å². The van der Waals surface area contributed by atoms with Gasteiger partial charge in [-0.05, 0) is 30.5 Å². The summed E-state index contributed by atoms with van der Waals surface area (Å²) in [6, 6.07) is 19.9. The Hall–Kier alpha value is -3.23.